The highest BCUT2D eigenvalue weighted by atomic mass is 16.5. The van der Waals surface area contributed by atoms with Gasteiger partial charge in [-0.3, -0.25) is 14.9 Å². The number of ether oxygens (including phenoxy) is 1. The third-order valence-corrected chi connectivity index (χ3v) is 6.12. The molecule has 0 unspecified atom stereocenters. The van der Waals surface area contributed by atoms with E-state index in [1.807, 2.05) is 0 Å². The van der Waals surface area contributed by atoms with Crippen molar-refractivity contribution >= 4 is 17.9 Å². The molecule has 2 fully saturated rings. The van der Waals surface area contributed by atoms with Gasteiger partial charge in [0.2, 0.25) is 0 Å². The van der Waals surface area contributed by atoms with Crippen molar-refractivity contribution in [1.82, 2.24) is 10.6 Å². The average molecular weight is 381 g/mol. The number of carbonyl (C=O) groups excluding carboxylic acids is 3. The molecule has 0 spiro atoms. The predicted octanol–water partition coefficient (Wildman–Crippen LogP) is 3.93. The van der Waals surface area contributed by atoms with E-state index < -0.39 is 18.0 Å². The molecule has 2 N–H and O–H groups in total. The summed E-state index contributed by atoms with van der Waals surface area (Å²) in [7, 11) is 0. The topological polar surface area (TPSA) is 84.5 Å². The van der Waals surface area contributed by atoms with E-state index in [9.17, 15) is 14.4 Å². The van der Waals surface area contributed by atoms with E-state index >= 15 is 0 Å². The lowest BCUT2D eigenvalue weighted by Crippen LogP contribution is -2.48. The second kappa shape index (κ2) is 9.56. The van der Waals surface area contributed by atoms with Crippen LogP contribution in [0.4, 0.5) is 4.79 Å². The number of hydrogen-bond donors (Lipinski definition) is 2. The minimum atomic E-state index is -0.963. The van der Waals surface area contributed by atoms with Crippen LogP contribution in [-0.4, -0.2) is 30.1 Å². The monoisotopic (exact) mass is 380 g/mol. The van der Waals surface area contributed by atoms with Gasteiger partial charge in [0.05, 0.1) is 5.92 Å². The lowest BCUT2D eigenvalue weighted by Gasteiger charge is -2.36. The van der Waals surface area contributed by atoms with Crippen LogP contribution in [0.2, 0.25) is 0 Å². The number of rotatable bonds is 4. The Bertz CT molecular complexity index is 527. The van der Waals surface area contributed by atoms with Crippen LogP contribution in [0.5, 0.6) is 0 Å². The number of esters is 1. The Balaban J connectivity index is 1.72. The Morgan fingerprint density at radius 1 is 0.926 bits per heavy atom. The Morgan fingerprint density at radius 3 is 2.07 bits per heavy atom. The Morgan fingerprint density at radius 2 is 1.52 bits per heavy atom. The quantitative estimate of drug-likeness (QED) is 0.724. The van der Waals surface area contributed by atoms with Gasteiger partial charge < -0.3 is 10.1 Å². The predicted molar refractivity (Wildman–Crippen MR) is 104 cm³/mol. The summed E-state index contributed by atoms with van der Waals surface area (Å²) < 4.78 is 5.33. The van der Waals surface area contributed by atoms with Crippen molar-refractivity contribution in [3.8, 4) is 0 Å². The number of carbonyl (C=O) groups is 3. The lowest BCUT2D eigenvalue weighted by atomic mass is 9.70. The third kappa shape index (κ3) is 6.82. The summed E-state index contributed by atoms with van der Waals surface area (Å²) in [6.45, 7) is 8.23. The molecular weight excluding hydrogens is 344 g/mol. The van der Waals surface area contributed by atoms with E-state index in [-0.39, 0.29) is 23.3 Å². The van der Waals surface area contributed by atoms with Crippen LogP contribution in [0.15, 0.2) is 0 Å². The van der Waals surface area contributed by atoms with Crippen molar-refractivity contribution < 1.29 is 19.1 Å². The van der Waals surface area contributed by atoms with Gasteiger partial charge >= 0.3 is 12.0 Å². The first kappa shape index (κ1) is 21.7. The molecule has 0 bridgehead atoms. The first-order valence-corrected chi connectivity index (χ1v) is 10.5. The largest absolute Gasteiger partial charge is 0.452 e. The smallest absolute Gasteiger partial charge is 0.321 e. The van der Waals surface area contributed by atoms with Crippen molar-refractivity contribution in [2.75, 3.05) is 0 Å². The summed E-state index contributed by atoms with van der Waals surface area (Å²) in [6.07, 6.45) is 7.95. The lowest BCUT2D eigenvalue weighted by molar-refractivity contribution is -0.160. The van der Waals surface area contributed by atoms with Crippen molar-refractivity contribution in [1.29, 1.82) is 0 Å². The third-order valence-electron chi connectivity index (χ3n) is 6.12. The van der Waals surface area contributed by atoms with Gasteiger partial charge in [-0.05, 0) is 56.8 Å². The molecular formula is C21H36N2O4. The molecule has 0 radical (unpaired) electrons. The van der Waals surface area contributed by atoms with Crippen LogP contribution in [0.25, 0.3) is 0 Å². The van der Waals surface area contributed by atoms with Crippen LogP contribution < -0.4 is 10.6 Å². The van der Waals surface area contributed by atoms with Gasteiger partial charge in [0.25, 0.3) is 5.91 Å². The molecule has 154 valence electrons. The first-order chi connectivity index (χ1) is 12.7. The van der Waals surface area contributed by atoms with Crippen LogP contribution in [0, 0.1) is 17.3 Å². The molecule has 2 saturated carbocycles. The van der Waals surface area contributed by atoms with E-state index in [4.69, 9.17) is 4.74 Å². The molecule has 2 rings (SSSR count). The summed E-state index contributed by atoms with van der Waals surface area (Å²) in [6, 6.07) is -0.372. The first-order valence-electron chi connectivity index (χ1n) is 10.5. The Labute approximate surface area is 163 Å². The standard InChI is InChI=1S/C21H36N2O4/c1-14(18(24)23-20(26)22-17-8-6-5-7-9-17)27-19(25)15-10-12-16(13-11-15)21(2,3)4/h14-17H,5-13H2,1-4H3,(H2,22,23,24,26)/t14-,15?,16?/m1/s1. The number of urea groups is 1. The number of nitrogens with one attached hydrogen (secondary N) is 2. The molecule has 27 heavy (non-hydrogen) atoms. The number of imide groups is 1. The molecule has 2 aliphatic carbocycles. The van der Waals surface area contributed by atoms with Gasteiger partial charge in [0.15, 0.2) is 6.10 Å². The van der Waals surface area contributed by atoms with Gasteiger partial charge in [-0.1, -0.05) is 40.0 Å². The maximum Gasteiger partial charge on any atom is 0.321 e. The Kier molecular flexibility index (Phi) is 7.68. The van der Waals surface area contributed by atoms with Gasteiger partial charge in [0.1, 0.15) is 0 Å². The highest BCUT2D eigenvalue weighted by Crippen LogP contribution is 2.40. The fourth-order valence-electron chi connectivity index (χ4n) is 4.20. The second-order valence-corrected chi connectivity index (χ2v) is 9.29. The van der Waals surface area contributed by atoms with E-state index in [2.05, 4.69) is 31.4 Å². The zero-order valence-corrected chi connectivity index (χ0v) is 17.3. The normalized spacial score (nSPS) is 25.3. The fourth-order valence-corrected chi connectivity index (χ4v) is 4.20. The van der Waals surface area contributed by atoms with Crippen LogP contribution in [-0.2, 0) is 14.3 Å². The van der Waals surface area contributed by atoms with Crippen LogP contribution >= 0.6 is 0 Å². The number of hydrogen-bond acceptors (Lipinski definition) is 4. The SMILES string of the molecule is C[C@@H](OC(=O)C1CCC(C(C)(C)C)CC1)C(=O)NC(=O)NC1CCCCC1. The molecule has 0 saturated heterocycles. The molecule has 6 heteroatoms. The average Bonchev–Trinajstić information content (AvgIpc) is 2.61. The van der Waals surface area contributed by atoms with Gasteiger partial charge in [-0.2, -0.15) is 0 Å². The summed E-state index contributed by atoms with van der Waals surface area (Å²) in [5.41, 5.74) is 0.258. The maximum absolute atomic E-state index is 12.4. The fraction of sp³-hybridized carbons (Fsp3) is 0.857. The summed E-state index contributed by atoms with van der Waals surface area (Å²) in [5.74, 6) is -0.418. The molecule has 0 aromatic carbocycles. The summed E-state index contributed by atoms with van der Waals surface area (Å²) in [4.78, 5) is 36.5. The molecule has 0 aliphatic heterocycles. The molecule has 0 aromatic heterocycles. The van der Waals surface area contributed by atoms with Crippen molar-refractivity contribution in [3.63, 3.8) is 0 Å². The molecule has 0 aromatic rings. The van der Waals surface area contributed by atoms with E-state index in [1.54, 1.807) is 0 Å². The van der Waals surface area contributed by atoms with Crippen molar-refractivity contribution in [3.05, 3.63) is 0 Å². The molecule has 6 nitrogen and oxygen atoms in total. The maximum atomic E-state index is 12.4. The highest BCUT2D eigenvalue weighted by molar-refractivity contribution is 5.97. The molecule has 2 aliphatic rings. The molecule has 3 amide bonds. The second-order valence-electron chi connectivity index (χ2n) is 9.29. The number of amides is 3. The van der Waals surface area contributed by atoms with Crippen LogP contribution in [0.1, 0.15) is 85.5 Å². The zero-order chi connectivity index (χ0) is 20.0. The zero-order valence-electron chi connectivity index (χ0n) is 17.3. The van der Waals surface area contributed by atoms with Gasteiger partial charge in [-0.25, -0.2) is 4.79 Å². The highest BCUT2D eigenvalue weighted by Gasteiger charge is 2.34. The van der Waals surface area contributed by atoms with E-state index in [1.165, 1.54) is 13.3 Å². The minimum absolute atomic E-state index is 0.127. The van der Waals surface area contributed by atoms with E-state index in [0.717, 1.165) is 51.4 Å². The summed E-state index contributed by atoms with van der Waals surface area (Å²) >= 11 is 0. The molecule has 1 atom stereocenters. The van der Waals surface area contributed by atoms with Gasteiger partial charge in [0, 0.05) is 6.04 Å². The summed E-state index contributed by atoms with van der Waals surface area (Å²) in [5, 5.41) is 5.12. The van der Waals surface area contributed by atoms with Gasteiger partial charge in [-0.15, -0.1) is 0 Å². The minimum Gasteiger partial charge on any atom is -0.452 e. The van der Waals surface area contributed by atoms with Crippen molar-refractivity contribution in [2.24, 2.45) is 17.3 Å². The van der Waals surface area contributed by atoms with Crippen molar-refractivity contribution in [2.45, 2.75) is 97.6 Å². The Hall–Kier alpha value is -1.59. The van der Waals surface area contributed by atoms with E-state index in [0.29, 0.717) is 5.92 Å². The molecule has 0 heterocycles. The van der Waals surface area contributed by atoms with Crippen LogP contribution in [0.3, 0.4) is 0 Å².